The lowest BCUT2D eigenvalue weighted by Gasteiger charge is -2.11. The summed E-state index contributed by atoms with van der Waals surface area (Å²) in [6, 6.07) is 8.00. The minimum absolute atomic E-state index is 0.602. The van der Waals surface area contributed by atoms with Crippen LogP contribution >= 0.6 is 15.9 Å². The molecule has 94 valence electrons. The fourth-order valence-corrected chi connectivity index (χ4v) is 2.02. The normalized spacial score (nSPS) is 10.3. The number of methoxy groups -OCH3 is 1. The van der Waals surface area contributed by atoms with Gasteiger partial charge in [0.05, 0.1) is 28.7 Å². The molecule has 1 aromatic carbocycles. The van der Waals surface area contributed by atoms with Crippen LogP contribution in [-0.4, -0.2) is 12.1 Å². The second-order valence-corrected chi connectivity index (χ2v) is 4.69. The number of nitrogens with two attached hydrogens (primary N) is 1. The molecule has 0 atom stereocenters. The molecule has 0 aliphatic rings. The number of rotatable bonds is 4. The van der Waals surface area contributed by atoms with E-state index in [1.54, 1.807) is 19.5 Å². The van der Waals surface area contributed by atoms with E-state index in [4.69, 9.17) is 10.5 Å². The van der Waals surface area contributed by atoms with Crippen LogP contribution in [-0.2, 0) is 11.3 Å². The van der Waals surface area contributed by atoms with Crippen LogP contribution in [0.5, 0.6) is 0 Å². The zero-order valence-corrected chi connectivity index (χ0v) is 11.6. The van der Waals surface area contributed by atoms with E-state index >= 15 is 0 Å². The summed E-state index contributed by atoms with van der Waals surface area (Å²) >= 11 is 3.42. The lowest BCUT2D eigenvalue weighted by Crippen LogP contribution is -1.98. The fourth-order valence-electron chi connectivity index (χ4n) is 1.58. The van der Waals surface area contributed by atoms with Crippen molar-refractivity contribution in [1.29, 1.82) is 0 Å². The van der Waals surface area contributed by atoms with Crippen molar-refractivity contribution in [3.05, 3.63) is 46.7 Å². The molecule has 1 heterocycles. The van der Waals surface area contributed by atoms with Gasteiger partial charge in [0.25, 0.3) is 0 Å². The van der Waals surface area contributed by atoms with Gasteiger partial charge in [-0.1, -0.05) is 12.1 Å². The van der Waals surface area contributed by atoms with Crippen molar-refractivity contribution < 1.29 is 4.74 Å². The first-order chi connectivity index (χ1) is 8.70. The Morgan fingerprint density at radius 2 is 2.00 bits per heavy atom. The summed E-state index contributed by atoms with van der Waals surface area (Å²) < 4.78 is 5.90. The first-order valence-corrected chi connectivity index (χ1v) is 6.24. The highest BCUT2D eigenvalue weighted by atomic mass is 79.9. The Bertz CT molecular complexity index is 508. The molecule has 0 fully saturated rings. The Balaban J connectivity index is 2.18. The predicted octanol–water partition coefficient (Wildman–Crippen LogP) is 3.32. The molecular formula is C13H14BrN3O. The van der Waals surface area contributed by atoms with Crippen molar-refractivity contribution in [3.8, 4) is 0 Å². The molecule has 0 amide bonds. The van der Waals surface area contributed by atoms with Gasteiger partial charge in [0.1, 0.15) is 0 Å². The van der Waals surface area contributed by atoms with Crippen LogP contribution in [0.4, 0.5) is 17.1 Å². The number of nitrogens with zero attached hydrogens (tertiary/aromatic N) is 1. The number of pyridine rings is 1. The summed E-state index contributed by atoms with van der Waals surface area (Å²) in [6.45, 7) is 0.612. The zero-order valence-electron chi connectivity index (χ0n) is 9.98. The van der Waals surface area contributed by atoms with Crippen molar-refractivity contribution >= 4 is 33.0 Å². The minimum atomic E-state index is 0.602. The second-order valence-electron chi connectivity index (χ2n) is 3.84. The summed E-state index contributed by atoms with van der Waals surface area (Å²) in [5.41, 5.74) is 9.39. The summed E-state index contributed by atoms with van der Waals surface area (Å²) in [7, 11) is 1.68. The maximum Gasteiger partial charge on any atom is 0.0794 e. The average Bonchev–Trinajstić information content (AvgIpc) is 2.36. The third kappa shape index (κ3) is 3.00. The van der Waals surface area contributed by atoms with E-state index in [9.17, 15) is 0 Å². The van der Waals surface area contributed by atoms with E-state index in [0.717, 1.165) is 21.4 Å². The van der Waals surface area contributed by atoms with Crippen LogP contribution in [0.25, 0.3) is 0 Å². The summed E-state index contributed by atoms with van der Waals surface area (Å²) in [5, 5.41) is 3.26. The van der Waals surface area contributed by atoms with Crippen LogP contribution < -0.4 is 11.1 Å². The number of hydrogen-bond acceptors (Lipinski definition) is 4. The molecule has 0 spiro atoms. The van der Waals surface area contributed by atoms with Crippen LogP contribution in [0.2, 0.25) is 0 Å². The number of hydrogen-bond donors (Lipinski definition) is 2. The van der Waals surface area contributed by atoms with Crippen LogP contribution in [0, 0.1) is 0 Å². The largest absolute Gasteiger partial charge is 0.396 e. The molecule has 0 bridgehead atoms. The number of aromatic nitrogens is 1. The van der Waals surface area contributed by atoms with Gasteiger partial charge in [-0.3, -0.25) is 4.98 Å². The molecule has 0 aliphatic heterocycles. The van der Waals surface area contributed by atoms with E-state index in [1.807, 2.05) is 24.3 Å². The predicted molar refractivity (Wildman–Crippen MR) is 76.8 cm³/mol. The number of anilines is 3. The number of nitrogen functional groups attached to an aromatic ring is 1. The highest BCUT2D eigenvalue weighted by Crippen LogP contribution is 2.30. The van der Waals surface area contributed by atoms with Gasteiger partial charge in [-0.25, -0.2) is 0 Å². The number of benzene rings is 1. The Morgan fingerprint density at radius 1 is 1.28 bits per heavy atom. The van der Waals surface area contributed by atoms with Crippen molar-refractivity contribution in [3.63, 3.8) is 0 Å². The molecule has 18 heavy (non-hydrogen) atoms. The van der Waals surface area contributed by atoms with Gasteiger partial charge in [0.2, 0.25) is 0 Å². The van der Waals surface area contributed by atoms with E-state index in [-0.39, 0.29) is 0 Å². The third-order valence-electron chi connectivity index (χ3n) is 2.46. The lowest BCUT2D eigenvalue weighted by atomic mass is 10.2. The topological polar surface area (TPSA) is 60.2 Å². The molecule has 0 saturated heterocycles. The number of halogens is 1. The van der Waals surface area contributed by atoms with Gasteiger partial charge in [-0.05, 0) is 33.6 Å². The maximum absolute atomic E-state index is 5.87. The quantitative estimate of drug-likeness (QED) is 0.909. The SMILES string of the molecule is COCc1ccc(Nc2c(N)cncc2Br)cc1. The number of ether oxygens (including phenoxy) is 1. The zero-order chi connectivity index (χ0) is 13.0. The standard InChI is InChI=1S/C13H14BrN3O/c1-18-8-9-2-4-10(5-3-9)17-13-11(14)6-16-7-12(13)15/h2-7H,8,15H2,1H3,(H,16,17). The van der Waals surface area contributed by atoms with Crippen LogP contribution in [0.1, 0.15) is 5.56 Å². The fraction of sp³-hybridized carbons (Fsp3) is 0.154. The Morgan fingerprint density at radius 3 is 2.61 bits per heavy atom. The summed E-state index contributed by atoms with van der Waals surface area (Å²) in [4.78, 5) is 4.00. The van der Waals surface area contributed by atoms with Gasteiger partial charge >= 0.3 is 0 Å². The van der Waals surface area contributed by atoms with E-state index in [2.05, 4.69) is 26.2 Å². The molecule has 3 N–H and O–H groups in total. The van der Waals surface area contributed by atoms with Crippen LogP contribution in [0.15, 0.2) is 41.1 Å². The molecule has 0 unspecified atom stereocenters. The molecule has 2 aromatic rings. The van der Waals surface area contributed by atoms with Gasteiger partial charge in [-0.15, -0.1) is 0 Å². The molecule has 0 aliphatic carbocycles. The van der Waals surface area contributed by atoms with Crippen molar-refractivity contribution in [2.24, 2.45) is 0 Å². The molecule has 4 nitrogen and oxygen atoms in total. The first kappa shape index (κ1) is 12.9. The van der Waals surface area contributed by atoms with E-state index in [1.165, 1.54) is 0 Å². The molecule has 0 radical (unpaired) electrons. The van der Waals surface area contributed by atoms with Gasteiger partial charge in [0, 0.05) is 19.0 Å². The first-order valence-electron chi connectivity index (χ1n) is 5.44. The molecular weight excluding hydrogens is 294 g/mol. The van der Waals surface area contributed by atoms with Crippen molar-refractivity contribution in [2.45, 2.75) is 6.61 Å². The second kappa shape index (κ2) is 5.84. The molecule has 5 heteroatoms. The monoisotopic (exact) mass is 307 g/mol. The van der Waals surface area contributed by atoms with Crippen molar-refractivity contribution in [2.75, 3.05) is 18.2 Å². The maximum atomic E-state index is 5.87. The van der Waals surface area contributed by atoms with Gasteiger partial charge < -0.3 is 15.8 Å². The smallest absolute Gasteiger partial charge is 0.0794 e. The van der Waals surface area contributed by atoms with E-state index < -0.39 is 0 Å². The Labute approximate surface area is 114 Å². The Kier molecular flexibility index (Phi) is 4.17. The average molecular weight is 308 g/mol. The lowest BCUT2D eigenvalue weighted by molar-refractivity contribution is 0.185. The molecule has 1 aromatic heterocycles. The minimum Gasteiger partial charge on any atom is -0.396 e. The molecule has 2 rings (SSSR count). The Hall–Kier alpha value is -1.59. The summed E-state index contributed by atoms with van der Waals surface area (Å²) in [6.07, 6.45) is 3.32. The third-order valence-corrected chi connectivity index (χ3v) is 3.06. The highest BCUT2D eigenvalue weighted by molar-refractivity contribution is 9.10. The molecule has 0 saturated carbocycles. The van der Waals surface area contributed by atoms with Gasteiger partial charge in [0.15, 0.2) is 0 Å². The van der Waals surface area contributed by atoms with Crippen LogP contribution in [0.3, 0.4) is 0 Å². The van der Waals surface area contributed by atoms with E-state index in [0.29, 0.717) is 12.3 Å². The van der Waals surface area contributed by atoms with Crippen molar-refractivity contribution in [1.82, 2.24) is 4.98 Å². The number of nitrogens with one attached hydrogen (secondary N) is 1. The summed E-state index contributed by atoms with van der Waals surface area (Å²) in [5.74, 6) is 0. The van der Waals surface area contributed by atoms with Gasteiger partial charge in [-0.2, -0.15) is 0 Å². The highest BCUT2D eigenvalue weighted by Gasteiger charge is 2.04.